The maximum absolute atomic E-state index is 5.17. The minimum absolute atomic E-state index is 0.679. The van der Waals surface area contributed by atoms with Gasteiger partial charge in [0.1, 0.15) is 0 Å². The smallest absolute Gasteiger partial charge is 0.0516 e. The summed E-state index contributed by atoms with van der Waals surface area (Å²) in [6.07, 6.45) is 1.19. The molecule has 0 aliphatic heterocycles. The summed E-state index contributed by atoms with van der Waals surface area (Å²) < 4.78 is -1.29. The first kappa shape index (κ1) is 10.3. The topological polar surface area (TPSA) is 0 Å². The van der Waals surface area contributed by atoms with Gasteiger partial charge in [-0.1, -0.05) is 25.7 Å². The second-order valence-corrected chi connectivity index (χ2v) is 14.5. The molecule has 0 nitrogen and oxygen atoms in total. The molecule has 0 aliphatic rings. The van der Waals surface area contributed by atoms with Crippen LogP contribution in [0.5, 0.6) is 0 Å². The van der Waals surface area contributed by atoms with Gasteiger partial charge in [-0.2, -0.15) is 0 Å². The lowest BCUT2D eigenvalue weighted by molar-refractivity contribution is 0.912. The molecule has 0 heterocycles. The molecule has 0 aliphatic carbocycles. The Morgan fingerprint density at radius 1 is 1.78 bits per heavy atom. The average molecular weight is 200 g/mol. The normalized spacial score (nSPS) is 20.9. The van der Waals surface area contributed by atoms with Gasteiger partial charge >= 0.3 is 0 Å². The number of hydrogen-bond donors (Lipinski definition) is 1. The van der Waals surface area contributed by atoms with Crippen LogP contribution in [-0.4, -0.2) is 11.9 Å². The molecule has 9 heavy (non-hydrogen) atoms. The summed E-state index contributed by atoms with van der Waals surface area (Å²) in [5.74, 6) is 0. The number of hydrogen-bond acceptors (Lipinski definition) is 2. The highest BCUT2D eigenvalue weighted by Gasteiger charge is 2.08. The Kier molecular flexibility index (Phi) is 4.92. The van der Waals surface area contributed by atoms with Gasteiger partial charge in [0.05, 0.1) is 4.44 Å². The molecule has 0 saturated heterocycles. The van der Waals surface area contributed by atoms with Gasteiger partial charge < -0.3 is 0 Å². The summed E-state index contributed by atoms with van der Waals surface area (Å²) in [6, 6.07) is 0. The predicted molar refractivity (Wildman–Crippen MR) is 56.5 cm³/mol. The summed E-state index contributed by atoms with van der Waals surface area (Å²) in [6.45, 7) is 6.43. The Balaban J connectivity index is 3.60. The van der Waals surface area contributed by atoms with Crippen LogP contribution < -0.4 is 0 Å². The highest BCUT2D eigenvalue weighted by Crippen LogP contribution is 2.61. The fourth-order valence-electron chi connectivity index (χ4n) is 0.408. The van der Waals surface area contributed by atoms with Crippen molar-refractivity contribution >= 4 is 39.9 Å². The van der Waals surface area contributed by atoms with Crippen molar-refractivity contribution in [3.05, 3.63) is 0 Å². The first-order valence-corrected chi connectivity index (χ1v) is 8.83. The molecule has 0 N–H and O–H groups in total. The van der Waals surface area contributed by atoms with Gasteiger partial charge in [0, 0.05) is 5.25 Å². The van der Waals surface area contributed by atoms with E-state index >= 15 is 0 Å². The first-order chi connectivity index (χ1) is 3.95. The van der Waals surface area contributed by atoms with E-state index in [0.717, 1.165) is 0 Å². The molecular weight excluding hydrogens is 187 g/mol. The van der Waals surface area contributed by atoms with Gasteiger partial charge in [-0.05, 0) is 13.1 Å². The lowest BCUT2D eigenvalue weighted by Gasteiger charge is -2.13. The van der Waals surface area contributed by atoms with Crippen LogP contribution in [0.2, 0.25) is 0 Å². The summed E-state index contributed by atoms with van der Waals surface area (Å²) in [7, 11) is 0. The molecule has 0 rings (SSSR count). The quantitative estimate of drug-likeness (QED) is 0.548. The van der Waals surface area contributed by atoms with Gasteiger partial charge in [0.15, 0.2) is 0 Å². The molecule has 56 valence electrons. The second-order valence-electron chi connectivity index (χ2n) is 2.13. The molecule has 0 aromatic heterocycles. The van der Waals surface area contributed by atoms with Gasteiger partial charge in [0.2, 0.25) is 0 Å². The number of rotatable bonds is 3. The molecule has 0 radical (unpaired) electrons. The maximum Gasteiger partial charge on any atom is 0.0516 e. The van der Waals surface area contributed by atoms with Crippen LogP contribution in [0.3, 0.4) is 0 Å². The lowest BCUT2D eigenvalue weighted by Crippen LogP contribution is -1.88. The summed E-state index contributed by atoms with van der Waals surface area (Å²) in [5, 5.41) is 0.679. The van der Waals surface area contributed by atoms with Crippen LogP contribution in [0.15, 0.2) is 0 Å². The van der Waals surface area contributed by atoms with Crippen LogP contribution in [-0.2, 0) is 11.8 Å². The van der Waals surface area contributed by atoms with Crippen LogP contribution in [0.4, 0.5) is 0 Å². The Morgan fingerprint density at radius 2 is 2.22 bits per heavy atom. The Bertz CT molecular complexity index is 117. The molecule has 0 aromatic rings. The molecule has 0 fully saturated rings. The fraction of sp³-hybridized carbons (Fsp3) is 1.00. The summed E-state index contributed by atoms with van der Waals surface area (Å²) >= 11 is 11.3. The van der Waals surface area contributed by atoms with E-state index < -0.39 is 4.44 Å². The highest BCUT2D eigenvalue weighted by atomic mass is 33.2. The van der Waals surface area contributed by atoms with Crippen molar-refractivity contribution in [2.75, 3.05) is 6.66 Å². The lowest BCUT2D eigenvalue weighted by atomic mass is 10.4. The zero-order valence-electron chi connectivity index (χ0n) is 6.00. The minimum atomic E-state index is -1.29. The van der Waals surface area contributed by atoms with Crippen molar-refractivity contribution in [1.82, 2.24) is 0 Å². The van der Waals surface area contributed by atoms with E-state index in [1.165, 1.54) is 6.42 Å². The van der Waals surface area contributed by atoms with E-state index in [1.54, 1.807) is 0 Å². The Morgan fingerprint density at radius 3 is 2.33 bits per heavy atom. The molecule has 0 bridgehead atoms. The molecule has 4 heteroatoms. The fourth-order valence-corrected chi connectivity index (χ4v) is 6.45. The van der Waals surface area contributed by atoms with E-state index in [1.807, 2.05) is 11.4 Å². The molecular formula is C5H13PS3. The molecule has 0 spiro atoms. The van der Waals surface area contributed by atoms with E-state index in [9.17, 15) is 0 Å². The van der Waals surface area contributed by atoms with Gasteiger partial charge in [-0.3, -0.25) is 0 Å². The average Bonchev–Trinajstić information content (AvgIpc) is 1.62. The summed E-state index contributed by atoms with van der Waals surface area (Å²) in [4.78, 5) is 0. The minimum Gasteiger partial charge on any atom is -0.132 e. The molecule has 2 atom stereocenters. The molecule has 2 unspecified atom stereocenters. The Hall–Kier alpha value is 1.35. The third-order valence-corrected chi connectivity index (χ3v) is 5.91. The molecule has 0 saturated carbocycles. The third kappa shape index (κ3) is 7.24. The van der Waals surface area contributed by atoms with E-state index in [2.05, 4.69) is 32.8 Å². The van der Waals surface area contributed by atoms with Crippen molar-refractivity contribution < 1.29 is 0 Å². The molecule has 0 aromatic carbocycles. The van der Waals surface area contributed by atoms with Crippen molar-refractivity contribution in [2.45, 2.75) is 25.5 Å². The number of thiol groups is 1. The van der Waals surface area contributed by atoms with Gasteiger partial charge in [0.25, 0.3) is 0 Å². The van der Waals surface area contributed by atoms with E-state index in [-0.39, 0.29) is 0 Å². The molecule has 0 amide bonds. The largest absolute Gasteiger partial charge is 0.132 e. The van der Waals surface area contributed by atoms with Crippen LogP contribution in [0.25, 0.3) is 0 Å². The highest BCUT2D eigenvalue weighted by molar-refractivity contribution is 8.96. The van der Waals surface area contributed by atoms with E-state index in [4.69, 9.17) is 11.8 Å². The summed E-state index contributed by atoms with van der Waals surface area (Å²) in [5.41, 5.74) is 0. The van der Waals surface area contributed by atoms with Crippen LogP contribution in [0.1, 0.15) is 20.3 Å². The van der Waals surface area contributed by atoms with Crippen LogP contribution >= 0.6 is 28.1 Å². The van der Waals surface area contributed by atoms with Gasteiger partial charge in [-0.25, -0.2) is 0 Å². The SMILES string of the molecule is CCC(C)SP(C)(=S)S. The zero-order chi connectivity index (χ0) is 7.49. The van der Waals surface area contributed by atoms with Crippen molar-refractivity contribution in [3.63, 3.8) is 0 Å². The second kappa shape index (κ2) is 4.27. The van der Waals surface area contributed by atoms with E-state index in [0.29, 0.717) is 5.25 Å². The van der Waals surface area contributed by atoms with Crippen LogP contribution in [0, 0.1) is 0 Å². The van der Waals surface area contributed by atoms with Crippen molar-refractivity contribution in [1.29, 1.82) is 0 Å². The monoisotopic (exact) mass is 200 g/mol. The Labute approximate surface area is 72.1 Å². The van der Waals surface area contributed by atoms with Gasteiger partial charge in [-0.15, -0.1) is 23.6 Å². The first-order valence-electron chi connectivity index (χ1n) is 2.94. The third-order valence-electron chi connectivity index (χ3n) is 0.950. The van der Waals surface area contributed by atoms with Crippen molar-refractivity contribution in [2.24, 2.45) is 0 Å². The maximum atomic E-state index is 5.17. The van der Waals surface area contributed by atoms with Crippen molar-refractivity contribution in [3.8, 4) is 0 Å². The predicted octanol–water partition coefficient (Wildman–Crippen LogP) is 3.39. The standard InChI is InChI=1S/C5H13PS3/c1-4-5(2)9-6(3,7)8/h5H,4H2,1-3H3,(H,7,8). The zero-order valence-corrected chi connectivity index (χ0v) is 9.42.